The highest BCUT2D eigenvalue weighted by atomic mass is 32.1. The van der Waals surface area contributed by atoms with E-state index in [1.54, 1.807) is 78.3 Å². The van der Waals surface area contributed by atoms with Crippen LogP contribution in [0.3, 0.4) is 0 Å². The summed E-state index contributed by atoms with van der Waals surface area (Å²) in [5.74, 6) is -1.84. The fraction of sp³-hybridized carbons (Fsp3) is 0.486. The summed E-state index contributed by atoms with van der Waals surface area (Å²) in [6, 6.07) is 4.84. The standard InChI is InChI=1S/C35H44N6O8S/c1-9-18-15-35(18,30(44)45)40-28(42)25-13-20(16-41(25)29(43)27(33(2,3)4)39-32(46)49-34(5,6)7)48-26-14-23(24-17-50-31(36)38-24)37-22-12-19(47-8)10-11-21(22)26/h9-12,14,17-18,20,25,27H,1,13,15-16H2,2-8H3,(H2,36,38)(H,39,46)(H,40,42)(H,44,45)/t18-,20+,25-,27+,35?/m0/s1. The monoisotopic (exact) mass is 708 g/mol. The molecule has 3 aromatic rings. The number of benzene rings is 1. The predicted octanol–water partition coefficient (Wildman–Crippen LogP) is 4.38. The van der Waals surface area contributed by atoms with Crippen LogP contribution in [0.4, 0.5) is 9.93 Å². The van der Waals surface area contributed by atoms with E-state index in [9.17, 15) is 24.3 Å². The molecule has 1 aromatic carbocycles. The van der Waals surface area contributed by atoms with E-state index in [-0.39, 0.29) is 19.4 Å². The SMILES string of the molecule is C=C[C@H]1CC1(NC(=O)[C@@H]1C[C@@H](Oc2cc(-c3csc(N)n3)nc3cc(OC)ccc23)CN1C(=O)[C@@H](NC(=O)OC(C)(C)C)C(C)(C)C)C(=O)O. The lowest BCUT2D eigenvalue weighted by molar-refractivity contribution is -0.146. The average Bonchev–Trinajstić information content (AvgIpc) is 3.32. The van der Waals surface area contributed by atoms with Crippen LogP contribution in [0.2, 0.25) is 0 Å². The van der Waals surface area contributed by atoms with Gasteiger partial charge in [-0.2, -0.15) is 0 Å². The molecule has 2 fully saturated rings. The summed E-state index contributed by atoms with van der Waals surface area (Å²) in [5, 5.41) is 18.2. The van der Waals surface area contributed by atoms with Crippen molar-refractivity contribution in [3.8, 4) is 22.9 Å². The molecule has 50 heavy (non-hydrogen) atoms. The van der Waals surface area contributed by atoms with Crippen molar-refractivity contribution in [2.45, 2.75) is 83.7 Å². The molecular weight excluding hydrogens is 664 g/mol. The second-order valence-electron chi connectivity index (χ2n) is 14.7. The number of anilines is 1. The Morgan fingerprint density at radius 2 is 1.86 bits per heavy atom. The number of methoxy groups -OCH3 is 1. The van der Waals surface area contributed by atoms with Crippen LogP contribution in [0, 0.1) is 11.3 Å². The minimum atomic E-state index is -1.52. The van der Waals surface area contributed by atoms with Gasteiger partial charge in [0.15, 0.2) is 5.13 Å². The largest absolute Gasteiger partial charge is 0.497 e. The lowest BCUT2D eigenvalue weighted by Gasteiger charge is -2.35. The maximum absolute atomic E-state index is 14.4. The number of amides is 3. The third-order valence-corrected chi connectivity index (χ3v) is 9.38. The van der Waals surface area contributed by atoms with Gasteiger partial charge in [-0.1, -0.05) is 26.8 Å². The van der Waals surface area contributed by atoms with E-state index in [0.717, 1.165) is 0 Å². The van der Waals surface area contributed by atoms with Crippen molar-refractivity contribution in [2.24, 2.45) is 11.3 Å². The first-order valence-electron chi connectivity index (χ1n) is 16.2. The Morgan fingerprint density at radius 1 is 1.14 bits per heavy atom. The molecule has 0 bridgehead atoms. The Morgan fingerprint density at radius 3 is 2.42 bits per heavy atom. The first-order valence-corrected chi connectivity index (χ1v) is 17.1. The fourth-order valence-corrected chi connectivity index (χ4v) is 6.61. The summed E-state index contributed by atoms with van der Waals surface area (Å²) in [6.07, 6.45) is 0.209. The number of nitrogen functional groups attached to an aromatic ring is 1. The molecule has 3 heterocycles. The number of aromatic nitrogens is 2. The molecule has 15 heteroatoms. The summed E-state index contributed by atoms with van der Waals surface area (Å²) >= 11 is 1.27. The normalized spacial score (nSPS) is 22.4. The van der Waals surface area contributed by atoms with Crippen LogP contribution in [0.5, 0.6) is 11.5 Å². The number of pyridine rings is 1. The van der Waals surface area contributed by atoms with Crippen LogP contribution in [0.1, 0.15) is 54.4 Å². The van der Waals surface area contributed by atoms with Crippen LogP contribution in [-0.4, -0.2) is 86.8 Å². The van der Waals surface area contributed by atoms with E-state index >= 15 is 0 Å². The predicted molar refractivity (Wildman–Crippen MR) is 188 cm³/mol. The van der Waals surface area contributed by atoms with Gasteiger partial charge in [0.25, 0.3) is 0 Å². The topological polar surface area (TPSA) is 195 Å². The molecule has 2 aromatic heterocycles. The highest BCUT2D eigenvalue weighted by Crippen LogP contribution is 2.45. The number of nitrogens with two attached hydrogens (primary N) is 1. The molecule has 268 valence electrons. The molecule has 5 atom stereocenters. The van der Waals surface area contributed by atoms with E-state index < -0.39 is 64.5 Å². The number of hydrogen-bond acceptors (Lipinski definition) is 11. The zero-order valence-corrected chi connectivity index (χ0v) is 30.1. The van der Waals surface area contributed by atoms with E-state index in [1.807, 2.05) is 0 Å². The second kappa shape index (κ2) is 13.4. The number of thiazole rings is 1. The molecule has 1 saturated heterocycles. The van der Waals surface area contributed by atoms with Crippen LogP contribution in [0.15, 0.2) is 42.3 Å². The van der Waals surface area contributed by atoms with E-state index in [1.165, 1.54) is 22.3 Å². The quantitative estimate of drug-likeness (QED) is 0.218. The van der Waals surface area contributed by atoms with Gasteiger partial charge in [-0.3, -0.25) is 9.59 Å². The molecule has 1 unspecified atom stereocenters. The fourth-order valence-electron chi connectivity index (χ4n) is 6.05. The van der Waals surface area contributed by atoms with Crippen molar-refractivity contribution in [3.05, 3.63) is 42.3 Å². The first-order chi connectivity index (χ1) is 23.3. The molecule has 0 spiro atoms. The number of carbonyl (C=O) groups excluding carboxylic acids is 3. The Hall–Kier alpha value is -4.92. The van der Waals surface area contributed by atoms with Gasteiger partial charge in [-0.05, 0) is 44.7 Å². The maximum Gasteiger partial charge on any atom is 0.408 e. The van der Waals surface area contributed by atoms with Crippen molar-refractivity contribution >= 4 is 51.2 Å². The van der Waals surface area contributed by atoms with E-state index in [2.05, 4.69) is 22.2 Å². The number of alkyl carbamates (subject to hydrolysis) is 1. The molecule has 3 amide bonds. The summed E-state index contributed by atoms with van der Waals surface area (Å²) in [6.45, 7) is 14.2. The molecule has 14 nitrogen and oxygen atoms in total. The zero-order valence-electron chi connectivity index (χ0n) is 29.2. The minimum absolute atomic E-state index is 0.0360. The number of carboxylic acid groups (broad SMARTS) is 1. The van der Waals surface area contributed by atoms with Crippen molar-refractivity contribution in [1.29, 1.82) is 0 Å². The van der Waals surface area contributed by atoms with Crippen LogP contribution < -0.4 is 25.8 Å². The lowest BCUT2D eigenvalue weighted by atomic mass is 9.85. The van der Waals surface area contributed by atoms with Gasteiger partial charge in [-0.15, -0.1) is 17.9 Å². The molecule has 0 radical (unpaired) electrons. The number of nitrogens with zero attached hydrogens (tertiary/aromatic N) is 3. The van der Waals surface area contributed by atoms with Crippen molar-refractivity contribution < 1.29 is 38.5 Å². The van der Waals surface area contributed by atoms with Crippen LogP contribution in [-0.2, 0) is 19.1 Å². The third-order valence-electron chi connectivity index (χ3n) is 8.71. The number of carboxylic acids is 1. The number of likely N-dealkylation sites (tertiary alicyclic amines) is 1. The van der Waals surface area contributed by atoms with E-state index in [0.29, 0.717) is 38.9 Å². The lowest BCUT2D eigenvalue weighted by Crippen LogP contribution is -2.59. The average molecular weight is 709 g/mol. The van der Waals surface area contributed by atoms with Gasteiger partial charge >= 0.3 is 12.1 Å². The second-order valence-corrected chi connectivity index (χ2v) is 15.6. The zero-order chi connectivity index (χ0) is 36.8. The summed E-state index contributed by atoms with van der Waals surface area (Å²) < 4.78 is 17.5. The van der Waals surface area contributed by atoms with Gasteiger partial charge in [0.2, 0.25) is 11.8 Å². The Bertz CT molecular complexity index is 1830. The third kappa shape index (κ3) is 7.62. The molecule has 2 aliphatic rings. The van der Waals surface area contributed by atoms with Crippen LogP contribution >= 0.6 is 11.3 Å². The van der Waals surface area contributed by atoms with Gasteiger partial charge in [0.1, 0.15) is 46.5 Å². The molecule has 1 saturated carbocycles. The summed E-state index contributed by atoms with van der Waals surface area (Å²) in [4.78, 5) is 64.0. The van der Waals surface area contributed by atoms with Crippen LogP contribution in [0.25, 0.3) is 22.3 Å². The Kier molecular flexibility index (Phi) is 9.76. The molecule has 5 N–H and O–H groups in total. The Balaban J connectivity index is 1.51. The van der Waals surface area contributed by atoms with E-state index in [4.69, 9.17) is 24.9 Å². The number of carbonyl (C=O) groups is 4. The molecule has 1 aliphatic heterocycles. The highest BCUT2D eigenvalue weighted by molar-refractivity contribution is 7.13. The number of rotatable bonds is 10. The molecule has 1 aliphatic carbocycles. The summed E-state index contributed by atoms with van der Waals surface area (Å²) in [7, 11) is 1.55. The smallest absolute Gasteiger partial charge is 0.408 e. The molecule has 5 rings (SSSR count). The Labute approximate surface area is 294 Å². The van der Waals surface area contributed by atoms with Gasteiger partial charge in [0.05, 0.1) is 24.9 Å². The number of fused-ring (bicyclic) bond motifs is 1. The number of ether oxygens (including phenoxy) is 3. The van der Waals surface area contributed by atoms with Crippen molar-refractivity contribution in [2.75, 3.05) is 19.4 Å². The minimum Gasteiger partial charge on any atom is -0.497 e. The van der Waals surface area contributed by atoms with Gasteiger partial charge in [0, 0.05) is 35.2 Å². The van der Waals surface area contributed by atoms with Crippen molar-refractivity contribution in [1.82, 2.24) is 25.5 Å². The number of nitrogens with one attached hydrogen (secondary N) is 2. The van der Waals surface area contributed by atoms with Crippen molar-refractivity contribution in [3.63, 3.8) is 0 Å². The molecular formula is C35H44N6O8S. The number of hydrogen-bond donors (Lipinski definition) is 4. The van der Waals surface area contributed by atoms with Gasteiger partial charge in [-0.25, -0.2) is 19.6 Å². The summed E-state index contributed by atoms with van der Waals surface area (Å²) in [5.41, 5.74) is 4.37. The first kappa shape index (κ1) is 36.4. The number of aliphatic carboxylic acids is 1. The maximum atomic E-state index is 14.4. The highest BCUT2D eigenvalue weighted by Gasteiger charge is 2.61. The van der Waals surface area contributed by atoms with Gasteiger partial charge < -0.3 is 40.6 Å².